The lowest BCUT2D eigenvalue weighted by Crippen LogP contribution is -2.39. The van der Waals surface area contributed by atoms with Gasteiger partial charge in [0.05, 0.1) is 10.6 Å². The lowest BCUT2D eigenvalue weighted by atomic mass is 10.2. The number of nitrogens with zero attached hydrogens (tertiary/aromatic N) is 3. The van der Waals surface area contributed by atoms with E-state index in [1.165, 1.54) is 30.5 Å². The van der Waals surface area contributed by atoms with Gasteiger partial charge in [-0.2, -0.15) is 5.26 Å². The van der Waals surface area contributed by atoms with E-state index >= 15 is 0 Å². The first kappa shape index (κ1) is 17.0. The summed E-state index contributed by atoms with van der Waals surface area (Å²) in [7, 11) is 0. The summed E-state index contributed by atoms with van der Waals surface area (Å²) in [5.41, 5.74) is 0.923. The number of nitrogens with one attached hydrogen (secondary N) is 2. The predicted molar refractivity (Wildman–Crippen MR) is 93.1 cm³/mol. The van der Waals surface area contributed by atoms with Crippen LogP contribution in [0.5, 0.6) is 0 Å². The molecule has 3 rings (SSSR count). The Hall–Kier alpha value is -2.85. The third-order valence-corrected chi connectivity index (χ3v) is 4.15. The molecule has 0 saturated carbocycles. The molecule has 2 heterocycles. The Bertz CT molecular complexity index is 821. The van der Waals surface area contributed by atoms with Crippen LogP contribution in [0.2, 0.25) is 5.02 Å². The molecule has 1 unspecified atom stereocenters. The number of hydrogen-bond donors (Lipinski definition) is 2. The topological polar surface area (TPSA) is 81.1 Å². The maximum absolute atomic E-state index is 12.9. The summed E-state index contributed by atoms with van der Waals surface area (Å²) in [6.07, 6.45) is 2.22. The number of carbonyl (C=O) groups is 1. The fourth-order valence-corrected chi connectivity index (χ4v) is 2.97. The second-order valence-corrected chi connectivity index (χ2v) is 6.09. The highest BCUT2D eigenvalue weighted by atomic mass is 35.5. The fraction of sp³-hybridized carbons (Fsp3) is 0.235. The zero-order valence-corrected chi connectivity index (χ0v) is 13.9. The molecule has 1 saturated heterocycles. The molecule has 1 aromatic heterocycles. The molecular formula is C17H15ClFN5O. The maximum Gasteiger partial charge on any atom is 0.319 e. The Morgan fingerprint density at radius 1 is 1.40 bits per heavy atom. The van der Waals surface area contributed by atoms with Gasteiger partial charge in [-0.05, 0) is 36.8 Å². The van der Waals surface area contributed by atoms with E-state index < -0.39 is 0 Å². The van der Waals surface area contributed by atoms with Crippen molar-refractivity contribution in [3.05, 3.63) is 52.9 Å². The van der Waals surface area contributed by atoms with Crippen molar-refractivity contribution in [2.75, 3.05) is 23.3 Å². The monoisotopic (exact) mass is 359 g/mol. The molecule has 6 nitrogen and oxygen atoms in total. The quantitative estimate of drug-likeness (QED) is 0.882. The molecule has 2 aromatic rings. The van der Waals surface area contributed by atoms with Crippen LogP contribution in [0.1, 0.15) is 12.0 Å². The van der Waals surface area contributed by atoms with Crippen LogP contribution in [0.3, 0.4) is 0 Å². The van der Waals surface area contributed by atoms with E-state index in [-0.39, 0.29) is 17.9 Å². The zero-order chi connectivity index (χ0) is 17.8. The number of anilines is 2. The van der Waals surface area contributed by atoms with Gasteiger partial charge in [-0.15, -0.1) is 0 Å². The van der Waals surface area contributed by atoms with Crippen molar-refractivity contribution in [1.82, 2.24) is 10.3 Å². The third-order valence-electron chi connectivity index (χ3n) is 3.88. The van der Waals surface area contributed by atoms with Gasteiger partial charge in [0, 0.05) is 31.0 Å². The van der Waals surface area contributed by atoms with Crippen LogP contribution in [-0.2, 0) is 0 Å². The van der Waals surface area contributed by atoms with Gasteiger partial charge in [0.25, 0.3) is 0 Å². The van der Waals surface area contributed by atoms with Gasteiger partial charge in [-0.3, -0.25) is 0 Å². The van der Waals surface area contributed by atoms with E-state index in [9.17, 15) is 9.18 Å². The average Bonchev–Trinajstić information content (AvgIpc) is 3.04. The van der Waals surface area contributed by atoms with E-state index in [2.05, 4.69) is 15.6 Å². The van der Waals surface area contributed by atoms with Crippen molar-refractivity contribution in [3.8, 4) is 6.07 Å². The predicted octanol–water partition coefficient (Wildman–Crippen LogP) is 3.15. The SMILES string of the molecule is N#Cc1cnc(N2CCC(NC(=O)Nc3ccc(F)cc3)C2)c(Cl)c1. The van der Waals surface area contributed by atoms with Gasteiger partial charge >= 0.3 is 6.03 Å². The molecule has 8 heteroatoms. The summed E-state index contributed by atoms with van der Waals surface area (Å²) in [5.74, 6) is 0.244. The second-order valence-electron chi connectivity index (χ2n) is 5.68. The van der Waals surface area contributed by atoms with Gasteiger partial charge in [0.2, 0.25) is 0 Å². The summed E-state index contributed by atoms with van der Waals surface area (Å²) in [6, 6.07) is 8.72. The minimum Gasteiger partial charge on any atom is -0.353 e. The molecule has 0 radical (unpaired) electrons. The van der Waals surface area contributed by atoms with Crippen LogP contribution in [0.4, 0.5) is 20.7 Å². The molecule has 1 atom stereocenters. The van der Waals surface area contributed by atoms with Crippen LogP contribution in [-0.4, -0.2) is 30.1 Å². The molecule has 1 fully saturated rings. The van der Waals surface area contributed by atoms with Crippen molar-refractivity contribution in [3.63, 3.8) is 0 Å². The van der Waals surface area contributed by atoms with Crippen molar-refractivity contribution in [2.45, 2.75) is 12.5 Å². The number of carbonyl (C=O) groups excluding carboxylic acids is 1. The highest BCUT2D eigenvalue weighted by molar-refractivity contribution is 6.33. The Morgan fingerprint density at radius 2 is 2.16 bits per heavy atom. The number of rotatable bonds is 3. The maximum atomic E-state index is 12.9. The van der Waals surface area contributed by atoms with Crippen LogP contribution >= 0.6 is 11.6 Å². The van der Waals surface area contributed by atoms with Crippen LogP contribution in [0.25, 0.3) is 0 Å². The number of halogens is 2. The van der Waals surface area contributed by atoms with Crippen molar-refractivity contribution >= 4 is 29.1 Å². The lowest BCUT2D eigenvalue weighted by Gasteiger charge is -2.19. The van der Waals surface area contributed by atoms with Crippen molar-refractivity contribution < 1.29 is 9.18 Å². The third kappa shape index (κ3) is 4.17. The number of pyridine rings is 1. The normalized spacial score (nSPS) is 16.4. The van der Waals surface area contributed by atoms with Gasteiger partial charge < -0.3 is 15.5 Å². The van der Waals surface area contributed by atoms with E-state index in [0.29, 0.717) is 35.2 Å². The fourth-order valence-electron chi connectivity index (χ4n) is 2.68. The van der Waals surface area contributed by atoms with E-state index in [0.717, 1.165) is 6.42 Å². The zero-order valence-electron chi connectivity index (χ0n) is 13.2. The standard InChI is InChI=1S/C17H15ClFN5O/c18-15-7-11(8-20)9-21-16(15)24-6-5-14(10-24)23-17(25)22-13-3-1-12(19)2-4-13/h1-4,7,9,14H,5-6,10H2,(H2,22,23,25). The summed E-state index contributed by atoms with van der Waals surface area (Å²) in [4.78, 5) is 18.2. The number of benzene rings is 1. The van der Waals surface area contributed by atoms with Gasteiger partial charge in [-0.25, -0.2) is 14.2 Å². The lowest BCUT2D eigenvalue weighted by molar-refractivity contribution is 0.249. The van der Waals surface area contributed by atoms with Gasteiger partial charge in [0.1, 0.15) is 17.7 Å². The number of hydrogen-bond acceptors (Lipinski definition) is 4. The summed E-state index contributed by atoms with van der Waals surface area (Å²) in [6.45, 7) is 1.26. The molecule has 1 aromatic carbocycles. The molecule has 2 amide bonds. The van der Waals surface area contributed by atoms with E-state index in [1.54, 1.807) is 6.07 Å². The second kappa shape index (κ2) is 7.36. The highest BCUT2D eigenvalue weighted by Crippen LogP contribution is 2.27. The molecule has 128 valence electrons. The van der Waals surface area contributed by atoms with Crippen LogP contribution < -0.4 is 15.5 Å². The Balaban J connectivity index is 1.57. The first-order valence-corrected chi connectivity index (χ1v) is 8.06. The highest BCUT2D eigenvalue weighted by Gasteiger charge is 2.26. The minimum absolute atomic E-state index is 0.0611. The molecule has 25 heavy (non-hydrogen) atoms. The average molecular weight is 360 g/mol. The number of nitriles is 1. The molecule has 0 aliphatic carbocycles. The Labute approximate surface area is 149 Å². The van der Waals surface area contributed by atoms with Crippen molar-refractivity contribution in [1.29, 1.82) is 5.26 Å². The minimum atomic E-state index is -0.357. The molecule has 1 aliphatic heterocycles. The largest absolute Gasteiger partial charge is 0.353 e. The Kier molecular flexibility index (Phi) is 5.00. The molecule has 2 N–H and O–H groups in total. The van der Waals surface area contributed by atoms with Crippen LogP contribution in [0, 0.1) is 17.1 Å². The van der Waals surface area contributed by atoms with Crippen molar-refractivity contribution in [2.24, 2.45) is 0 Å². The first-order valence-electron chi connectivity index (χ1n) is 7.69. The number of amides is 2. The van der Waals surface area contributed by atoms with E-state index in [4.69, 9.17) is 16.9 Å². The van der Waals surface area contributed by atoms with Gasteiger partial charge in [-0.1, -0.05) is 11.6 Å². The first-order chi connectivity index (χ1) is 12.0. The van der Waals surface area contributed by atoms with Crippen LogP contribution in [0.15, 0.2) is 36.5 Å². The summed E-state index contributed by atoms with van der Waals surface area (Å²) in [5, 5.41) is 14.8. The molecular weight excluding hydrogens is 345 g/mol. The molecule has 1 aliphatic rings. The van der Waals surface area contributed by atoms with Gasteiger partial charge in [0.15, 0.2) is 0 Å². The van der Waals surface area contributed by atoms with E-state index in [1.807, 2.05) is 11.0 Å². The summed E-state index contributed by atoms with van der Waals surface area (Å²) >= 11 is 6.18. The Morgan fingerprint density at radius 3 is 2.84 bits per heavy atom. The molecule has 0 bridgehead atoms. The molecule has 0 spiro atoms. The smallest absolute Gasteiger partial charge is 0.319 e. The number of aromatic nitrogens is 1. The number of urea groups is 1. The summed E-state index contributed by atoms with van der Waals surface area (Å²) < 4.78 is 12.9.